The van der Waals surface area contributed by atoms with Gasteiger partial charge in [0.25, 0.3) is 0 Å². The number of benzene rings is 1. The molecule has 2 rings (SSSR count). The van der Waals surface area contributed by atoms with Crippen LogP contribution in [-0.2, 0) is 17.7 Å². The molecule has 0 amide bonds. The highest BCUT2D eigenvalue weighted by molar-refractivity contribution is 5.21. The molecule has 0 unspecified atom stereocenters. The van der Waals surface area contributed by atoms with Gasteiger partial charge in [0.05, 0.1) is 0 Å². The lowest BCUT2D eigenvalue weighted by molar-refractivity contribution is -0.676. The van der Waals surface area contributed by atoms with Crippen LogP contribution in [0.1, 0.15) is 30.9 Å². The van der Waals surface area contributed by atoms with Crippen LogP contribution in [0.15, 0.2) is 24.3 Å². The van der Waals surface area contributed by atoms with Crippen LogP contribution in [0, 0.1) is 0 Å². The predicted octanol–water partition coefficient (Wildman–Crippen LogP) is 1.49. The number of hydrogen-bond acceptors (Lipinski definition) is 1. The van der Waals surface area contributed by atoms with Crippen molar-refractivity contribution >= 4 is 0 Å². The van der Waals surface area contributed by atoms with Crippen molar-refractivity contribution in [1.29, 1.82) is 0 Å². The maximum atomic E-state index is 5.60. The molecule has 0 saturated carbocycles. The van der Waals surface area contributed by atoms with Gasteiger partial charge in [-0.05, 0) is 24.8 Å². The molecule has 16 heavy (non-hydrogen) atoms. The number of rotatable bonds is 5. The van der Waals surface area contributed by atoms with Crippen molar-refractivity contribution in [3.63, 3.8) is 0 Å². The van der Waals surface area contributed by atoms with Crippen molar-refractivity contribution in [2.75, 3.05) is 13.2 Å². The van der Waals surface area contributed by atoms with E-state index in [9.17, 15) is 0 Å². The normalized spacial score (nSPS) is 20.2. The van der Waals surface area contributed by atoms with E-state index in [-0.39, 0.29) is 0 Å². The summed E-state index contributed by atoms with van der Waals surface area (Å²) in [6.07, 6.45) is 4.10. The van der Waals surface area contributed by atoms with Crippen molar-refractivity contribution < 1.29 is 10.1 Å². The first-order valence-corrected chi connectivity index (χ1v) is 6.39. The fraction of sp³-hybridized carbons (Fsp3) is 0.571. The van der Waals surface area contributed by atoms with E-state index < -0.39 is 0 Å². The monoisotopic (exact) mass is 220 g/mol. The van der Waals surface area contributed by atoms with Gasteiger partial charge in [-0.1, -0.05) is 31.2 Å². The molecule has 1 saturated heterocycles. The van der Waals surface area contributed by atoms with E-state index in [4.69, 9.17) is 4.74 Å². The number of quaternary nitrogens is 1. The zero-order valence-corrected chi connectivity index (χ0v) is 10.1. The van der Waals surface area contributed by atoms with E-state index >= 15 is 0 Å². The number of aryl methyl sites for hydroxylation is 1. The second-order valence-electron chi connectivity index (χ2n) is 4.53. The Morgan fingerprint density at radius 2 is 2.00 bits per heavy atom. The Morgan fingerprint density at radius 1 is 1.25 bits per heavy atom. The van der Waals surface area contributed by atoms with E-state index in [2.05, 4.69) is 36.5 Å². The van der Waals surface area contributed by atoms with Gasteiger partial charge in [0.2, 0.25) is 0 Å². The molecule has 0 bridgehead atoms. The van der Waals surface area contributed by atoms with Gasteiger partial charge >= 0.3 is 0 Å². The summed E-state index contributed by atoms with van der Waals surface area (Å²) in [6.45, 7) is 5.33. The zero-order chi connectivity index (χ0) is 11.2. The molecule has 1 heterocycles. The summed E-state index contributed by atoms with van der Waals surface area (Å²) in [5.41, 5.74) is 2.83. The van der Waals surface area contributed by atoms with Gasteiger partial charge in [0.1, 0.15) is 19.2 Å². The van der Waals surface area contributed by atoms with Crippen LogP contribution in [0.25, 0.3) is 0 Å². The largest absolute Gasteiger partial charge is 0.372 e. The lowest BCUT2D eigenvalue weighted by Gasteiger charge is -2.08. The molecular formula is C14H22NO+. The highest BCUT2D eigenvalue weighted by Gasteiger charge is 2.16. The summed E-state index contributed by atoms with van der Waals surface area (Å²) in [5.74, 6) is 0. The summed E-state index contributed by atoms with van der Waals surface area (Å²) in [5, 5.41) is 2.36. The smallest absolute Gasteiger partial charge is 0.106 e. The Kier molecular flexibility index (Phi) is 4.37. The van der Waals surface area contributed by atoms with Crippen LogP contribution in [0.3, 0.4) is 0 Å². The minimum Gasteiger partial charge on any atom is -0.372 e. The Bertz CT molecular complexity index is 301. The summed E-state index contributed by atoms with van der Waals surface area (Å²) in [7, 11) is 0. The van der Waals surface area contributed by atoms with E-state index in [1.807, 2.05) is 0 Å². The third-order valence-corrected chi connectivity index (χ3v) is 3.26. The molecule has 2 nitrogen and oxygen atoms in total. The third-order valence-electron chi connectivity index (χ3n) is 3.26. The molecule has 1 aromatic rings. The highest BCUT2D eigenvalue weighted by atomic mass is 16.5. The second kappa shape index (κ2) is 6.02. The molecule has 1 aliphatic heterocycles. The van der Waals surface area contributed by atoms with Crippen molar-refractivity contribution in [1.82, 2.24) is 0 Å². The molecule has 1 aromatic carbocycles. The zero-order valence-electron chi connectivity index (χ0n) is 10.1. The third kappa shape index (κ3) is 3.32. The van der Waals surface area contributed by atoms with Crippen molar-refractivity contribution in [2.45, 2.75) is 38.8 Å². The van der Waals surface area contributed by atoms with E-state index in [1.165, 1.54) is 24.0 Å². The Balaban J connectivity index is 1.71. The van der Waals surface area contributed by atoms with Gasteiger partial charge in [0, 0.05) is 12.2 Å². The maximum absolute atomic E-state index is 5.60. The van der Waals surface area contributed by atoms with Crippen molar-refractivity contribution in [3.8, 4) is 0 Å². The Hall–Kier alpha value is -0.860. The minimum atomic E-state index is 0.495. The van der Waals surface area contributed by atoms with Crippen LogP contribution in [0.4, 0.5) is 0 Å². The summed E-state index contributed by atoms with van der Waals surface area (Å²) >= 11 is 0. The van der Waals surface area contributed by atoms with Crippen LogP contribution in [-0.4, -0.2) is 19.3 Å². The van der Waals surface area contributed by atoms with Gasteiger partial charge < -0.3 is 10.1 Å². The molecule has 88 valence electrons. The fourth-order valence-corrected chi connectivity index (χ4v) is 2.18. The minimum absolute atomic E-state index is 0.495. The van der Waals surface area contributed by atoms with Crippen LogP contribution in [0.5, 0.6) is 0 Å². The Morgan fingerprint density at radius 3 is 2.62 bits per heavy atom. The molecule has 2 N–H and O–H groups in total. The van der Waals surface area contributed by atoms with E-state index in [1.54, 1.807) is 0 Å². The second-order valence-corrected chi connectivity index (χ2v) is 4.53. The summed E-state index contributed by atoms with van der Waals surface area (Å²) in [4.78, 5) is 0. The van der Waals surface area contributed by atoms with Crippen LogP contribution in [0.2, 0.25) is 0 Å². The average molecular weight is 220 g/mol. The average Bonchev–Trinajstić information content (AvgIpc) is 2.83. The highest BCUT2D eigenvalue weighted by Crippen LogP contribution is 2.09. The topological polar surface area (TPSA) is 25.8 Å². The summed E-state index contributed by atoms with van der Waals surface area (Å²) < 4.78 is 5.60. The lowest BCUT2D eigenvalue weighted by Crippen LogP contribution is -2.84. The van der Waals surface area contributed by atoms with Gasteiger partial charge in [-0.15, -0.1) is 0 Å². The van der Waals surface area contributed by atoms with Crippen LogP contribution >= 0.6 is 0 Å². The first-order valence-electron chi connectivity index (χ1n) is 6.39. The molecular weight excluding hydrogens is 198 g/mol. The standard InChI is InChI=1S/C14H21NO/c1-2-12-5-7-13(8-6-12)10-15-11-14-4-3-9-16-14/h5-8,14-15H,2-4,9-11H2,1H3/p+1/t14-/m1/s1. The number of hydrogen-bond donors (Lipinski definition) is 1. The SMILES string of the molecule is CCc1ccc(C[NH2+]C[C@H]2CCCO2)cc1. The van der Waals surface area contributed by atoms with E-state index in [0.29, 0.717) is 6.10 Å². The predicted molar refractivity (Wildman–Crippen MR) is 65.3 cm³/mol. The molecule has 0 radical (unpaired) electrons. The fourth-order valence-electron chi connectivity index (χ4n) is 2.18. The molecule has 0 aliphatic carbocycles. The van der Waals surface area contributed by atoms with Crippen molar-refractivity contribution in [3.05, 3.63) is 35.4 Å². The van der Waals surface area contributed by atoms with Crippen LogP contribution < -0.4 is 5.32 Å². The number of nitrogens with two attached hydrogens (primary N) is 1. The maximum Gasteiger partial charge on any atom is 0.106 e. The molecule has 0 aromatic heterocycles. The first kappa shape index (κ1) is 11.6. The number of ether oxygens (including phenoxy) is 1. The van der Waals surface area contributed by atoms with Gasteiger partial charge in [-0.3, -0.25) is 0 Å². The molecule has 2 heteroatoms. The molecule has 1 atom stereocenters. The molecule has 1 fully saturated rings. The first-order chi connectivity index (χ1) is 7.88. The lowest BCUT2D eigenvalue weighted by atomic mass is 10.1. The molecule has 0 spiro atoms. The summed E-state index contributed by atoms with van der Waals surface area (Å²) in [6, 6.07) is 8.94. The quantitative estimate of drug-likeness (QED) is 0.799. The van der Waals surface area contributed by atoms with Crippen molar-refractivity contribution in [2.24, 2.45) is 0 Å². The van der Waals surface area contributed by atoms with E-state index in [0.717, 1.165) is 26.1 Å². The van der Waals surface area contributed by atoms with Gasteiger partial charge in [0.15, 0.2) is 0 Å². The Labute approximate surface area is 98.0 Å². The molecule has 1 aliphatic rings. The van der Waals surface area contributed by atoms with Gasteiger partial charge in [-0.25, -0.2) is 0 Å². The van der Waals surface area contributed by atoms with Gasteiger partial charge in [-0.2, -0.15) is 0 Å².